The quantitative estimate of drug-likeness (QED) is 0.683. The van der Waals surface area contributed by atoms with Crippen molar-refractivity contribution in [1.29, 1.82) is 0 Å². The lowest BCUT2D eigenvalue weighted by molar-refractivity contribution is 0.103. The lowest BCUT2D eigenvalue weighted by Gasteiger charge is -2.03. The first kappa shape index (κ1) is 13.6. The zero-order valence-electron chi connectivity index (χ0n) is 11.5. The van der Waals surface area contributed by atoms with E-state index >= 15 is 0 Å². The standard InChI is InChI=1S/C17H13ClN2O/c1-12-9-14(18)7-8-16(12)17(21)13-10-19-20(11-13)15-5-3-2-4-6-15/h2-11H,1H3. The van der Waals surface area contributed by atoms with Gasteiger partial charge >= 0.3 is 0 Å². The molecule has 0 aliphatic rings. The first-order valence-electron chi connectivity index (χ1n) is 6.56. The van der Waals surface area contributed by atoms with E-state index in [4.69, 9.17) is 11.6 Å². The smallest absolute Gasteiger partial charge is 0.196 e. The Kier molecular flexibility index (Phi) is 3.59. The van der Waals surface area contributed by atoms with Crippen LogP contribution in [0.15, 0.2) is 60.9 Å². The average Bonchev–Trinajstić information content (AvgIpc) is 2.97. The van der Waals surface area contributed by atoms with Crippen molar-refractivity contribution in [2.24, 2.45) is 0 Å². The van der Waals surface area contributed by atoms with Gasteiger partial charge in [-0.2, -0.15) is 5.10 Å². The Bertz CT molecular complexity index is 794. The van der Waals surface area contributed by atoms with Crippen molar-refractivity contribution in [2.45, 2.75) is 6.92 Å². The van der Waals surface area contributed by atoms with Crippen LogP contribution in [-0.4, -0.2) is 15.6 Å². The maximum Gasteiger partial charge on any atom is 0.196 e. The Morgan fingerprint density at radius 1 is 1.14 bits per heavy atom. The summed E-state index contributed by atoms with van der Waals surface area (Å²) in [5.74, 6) is -0.0497. The molecule has 0 N–H and O–H groups in total. The van der Waals surface area contributed by atoms with Gasteiger partial charge in [0.15, 0.2) is 5.78 Å². The van der Waals surface area contributed by atoms with E-state index in [9.17, 15) is 4.79 Å². The lowest BCUT2D eigenvalue weighted by Crippen LogP contribution is -2.02. The highest BCUT2D eigenvalue weighted by Crippen LogP contribution is 2.19. The van der Waals surface area contributed by atoms with Crippen molar-refractivity contribution in [2.75, 3.05) is 0 Å². The number of hydrogen-bond donors (Lipinski definition) is 0. The predicted octanol–water partition coefficient (Wildman–Crippen LogP) is 4.07. The number of benzene rings is 2. The largest absolute Gasteiger partial charge is 0.288 e. The van der Waals surface area contributed by atoms with Gasteiger partial charge in [-0.05, 0) is 42.8 Å². The first-order valence-corrected chi connectivity index (χ1v) is 6.94. The van der Waals surface area contributed by atoms with E-state index in [2.05, 4.69) is 5.10 Å². The summed E-state index contributed by atoms with van der Waals surface area (Å²) in [5, 5.41) is 4.88. The highest BCUT2D eigenvalue weighted by Gasteiger charge is 2.14. The molecule has 104 valence electrons. The molecule has 1 heterocycles. The van der Waals surface area contributed by atoms with Crippen molar-refractivity contribution in [1.82, 2.24) is 9.78 Å². The molecule has 0 radical (unpaired) electrons. The molecule has 4 heteroatoms. The Labute approximate surface area is 127 Å². The van der Waals surface area contributed by atoms with Gasteiger partial charge in [-0.1, -0.05) is 29.8 Å². The van der Waals surface area contributed by atoms with Gasteiger partial charge in [-0.25, -0.2) is 4.68 Å². The fraction of sp³-hybridized carbons (Fsp3) is 0.0588. The van der Waals surface area contributed by atoms with Gasteiger partial charge in [0.2, 0.25) is 0 Å². The highest BCUT2D eigenvalue weighted by atomic mass is 35.5. The number of nitrogens with zero attached hydrogens (tertiary/aromatic N) is 2. The van der Waals surface area contributed by atoms with E-state index in [1.165, 1.54) is 0 Å². The van der Waals surface area contributed by atoms with E-state index in [0.717, 1.165) is 11.3 Å². The molecule has 0 spiro atoms. The van der Waals surface area contributed by atoms with Gasteiger partial charge in [0.1, 0.15) is 0 Å². The van der Waals surface area contributed by atoms with Gasteiger partial charge in [0.25, 0.3) is 0 Å². The molecule has 0 aliphatic carbocycles. The fourth-order valence-corrected chi connectivity index (χ4v) is 2.43. The molecule has 3 nitrogen and oxygen atoms in total. The van der Waals surface area contributed by atoms with Crippen molar-refractivity contribution >= 4 is 17.4 Å². The summed E-state index contributed by atoms with van der Waals surface area (Å²) in [6.45, 7) is 1.88. The van der Waals surface area contributed by atoms with Crippen molar-refractivity contribution in [3.63, 3.8) is 0 Å². The van der Waals surface area contributed by atoms with Crippen molar-refractivity contribution in [3.05, 3.63) is 82.6 Å². The van der Waals surface area contributed by atoms with E-state index in [-0.39, 0.29) is 5.78 Å². The summed E-state index contributed by atoms with van der Waals surface area (Å²) >= 11 is 5.92. The second kappa shape index (κ2) is 5.54. The lowest BCUT2D eigenvalue weighted by atomic mass is 10.0. The Morgan fingerprint density at radius 2 is 1.90 bits per heavy atom. The Balaban J connectivity index is 1.94. The van der Waals surface area contributed by atoms with Crippen LogP contribution in [0.3, 0.4) is 0 Å². The summed E-state index contributed by atoms with van der Waals surface area (Å²) in [6.07, 6.45) is 3.33. The van der Waals surface area contributed by atoms with Crippen LogP contribution < -0.4 is 0 Å². The molecule has 0 amide bonds. The molecule has 2 aromatic carbocycles. The predicted molar refractivity (Wildman–Crippen MR) is 83.2 cm³/mol. The number of carbonyl (C=O) groups excluding carboxylic acids is 1. The molecule has 0 aliphatic heterocycles. The Morgan fingerprint density at radius 3 is 2.62 bits per heavy atom. The summed E-state index contributed by atoms with van der Waals surface area (Å²) in [4.78, 5) is 12.5. The topological polar surface area (TPSA) is 34.9 Å². The van der Waals surface area contributed by atoms with Gasteiger partial charge in [0.05, 0.1) is 17.4 Å². The molecule has 3 aromatic rings. The molecule has 1 aromatic heterocycles. The van der Waals surface area contributed by atoms with E-state index in [1.54, 1.807) is 35.3 Å². The fourth-order valence-electron chi connectivity index (χ4n) is 2.20. The second-order valence-corrected chi connectivity index (χ2v) is 5.23. The average molecular weight is 297 g/mol. The van der Waals surface area contributed by atoms with E-state index < -0.39 is 0 Å². The third-order valence-electron chi connectivity index (χ3n) is 3.30. The Hall–Kier alpha value is -2.39. The normalized spacial score (nSPS) is 10.6. The molecule has 0 atom stereocenters. The van der Waals surface area contributed by atoms with Crippen LogP contribution in [0.2, 0.25) is 5.02 Å². The third kappa shape index (κ3) is 2.73. The third-order valence-corrected chi connectivity index (χ3v) is 3.53. The zero-order chi connectivity index (χ0) is 14.8. The van der Waals surface area contributed by atoms with Gasteiger partial charge in [-0.15, -0.1) is 0 Å². The van der Waals surface area contributed by atoms with Gasteiger partial charge < -0.3 is 0 Å². The van der Waals surface area contributed by atoms with Crippen LogP contribution in [-0.2, 0) is 0 Å². The number of halogens is 1. The number of hydrogen-bond acceptors (Lipinski definition) is 2. The van der Waals surface area contributed by atoms with Crippen LogP contribution >= 0.6 is 11.6 Å². The summed E-state index contributed by atoms with van der Waals surface area (Å²) < 4.78 is 1.69. The molecule has 0 saturated heterocycles. The number of aryl methyl sites for hydroxylation is 1. The van der Waals surface area contributed by atoms with Crippen molar-refractivity contribution < 1.29 is 4.79 Å². The van der Waals surface area contributed by atoms with Crippen LogP contribution in [0.25, 0.3) is 5.69 Å². The minimum absolute atomic E-state index is 0.0497. The number of rotatable bonds is 3. The van der Waals surface area contributed by atoms with E-state index in [0.29, 0.717) is 16.1 Å². The molecule has 0 fully saturated rings. The number of carbonyl (C=O) groups is 1. The zero-order valence-corrected chi connectivity index (χ0v) is 12.2. The first-order chi connectivity index (χ1) is 10.1. The minimum Gasteiger partial charge on any atom is -0.288 e. The number of aromatic nitrogens is 2. The van der Waals surface area contributed by atoms with Crippen LogP contribution in [0.1, 0.15) is 21.5 Å². The summed E-state index contributed by atoms with van der Waals surface area (Å²) in [5.41, 5.74) is 2.99. The summed E-state index contributed by atoms with van der Waals surface area (Å²) in [6, 6.07) is 14.9. The summed E-state index contributed by atoms with van der Waals surface area (Å²) in [7, 11) is 0. The molecule has 3 rings (SSSR count). The molecular formula is C17H13ClN2O. The molecule has 0 saturated carbocycles. The molecule has 0 unspecified atom stereocenters. The van der Waals surface area contributed by atoms with Gasteiger partial charge in [-0.3, -0.25) is 4.79 Å². The second-order valence-electron chi connectivity index (χ2n) is 4.80. The van der Waals surface area contributed by atoms with E-state index in [1.807, 2.05) is 37.3 Å². The molecule has 21 heavy (non-hydrogen) atoms. The van der Waals surface area contributed by atoms with Crippen LogP contribution in [0.5, 0.6) is 0 Å². The monoisotopic (exact) mass is 296 g/mol. The van der Waals surface area contributed by atoms with Gasteiger partial charge in [0, 0.05) is 16.8 Å². The minimum atomic E-state index is -0.0497. The number of ketones is 1. The highest BCUT2D eigenvalue weighted by molar-refractivity contribution is 6.30. The van der Waals surface area contributed by atoms with Crippen molar-refractivity contribution in [3.8, 4) is 5.69 Å². The SMILES string of the molecule is Cc1cc(Cl)ccc1C(=O)c1cnn(-c2ccccc2)c1. The maximum atomic E-state index is 12.5. The number of para-hydroxylation sites is 1. The molecule has 0 bridgehead atoms. The maximum absolute atomic E-state index is 12.5. The van der Waals surface area contributed by atoms with Crippen LogP contribution in [0, 0.1) is 6.92 Å². The van der Waals surface area contributed by atoms with Crippen LogP contribution in [0.4, 0.5) is 0 Å². The molecular weight excluding hydrogens is 284 g/mol.